The fourth-order valence-electron chi connectivity index (χ4n) is 6.52. The van der Waals surface area contributed by atoms with Crippen molar-refractivity contribution in [2.45, 2.75) is 83.3 Å². The quantitative estimate of drug-likeness (QED) is 0.437. The maximum atomic E-state index is 13.8. The van der Waals surface area contributed by atoms with Gasteiger partial charge in [-0.3, -0.25) is 9.69 Å². The number of fused-ring (bicyclic) bond motifs is 4. The molecule has 0 aliphatic carbocycles. The highest BCUT2D eigenvalue weighted by atomic mass is 16.5. The summed E-state index contributed by atoms with van der Waals surface area (Å²) in [6.07, 6.45) is 9.38. The van der Waals surface area contributed by atoms with Crippen LogP contribution in [0, 0.1) is 5.92 Å². The number of hydrogen-bond acceptors (Lipinski definition) is 4. The smallest absolute Gasteiger partial charge is 0.252 e. The van der Waals surface area contributed by atoms with E-state index in [0.29, 0.717) is 18.7 Å². The van der Waals surface area contributed by atoms with Crippen molar-refractivity contribution in [3.8, 4) is 5.75 Å². The molecule has 2 aromatic rings. The van der Waals surface area contributed by atoms with Crippen LogP contribution in [0.3, 0.4) is 0 Å². The normalized spacial score (nSPS) is 24.2. The number of rotatable bonds is 9. The van der Waals surface area contributed by atoms with Crippen LogP contribution in [0.15, 0.2) is 42.5 Å². The summed E-state index contributed by atoms with van der Waals surface area (Å²) in [4.78, 5) is 16.5. The molecule has 3 heterocycles. The predicted octanol–water partition coefficient (Wildman–Crippen LogP) is 5.81. The van der Waals surface area contributed by atoms with E-state index in [2.05, 4.69) is 47.6 Å². The van der Waals surface area contributed by atoms with Crippen molar-refractivity contribution in [3.05, 3.63) is 64.7 Å². The van der Waals surface area contributed by atoms with Gasteiger partial charge in [-0.15, -0.1) is 0 Å². The lowest BCUT2D eigenvalue weighted by atomic mass is 9.76. The molecular formula is C31H43N3O2. The van der Waals surface area contributed by atoms with Crippen molar-refractivity contribution < 1.29 is 9.53 Å². The third kappa shape index (κ3) is 5.63. The number of amides is 1. The summed E-state index contributed by atoms with van der Waals surface area (Å²) in [5, 5.41) is 7.09. The highest BCUT2D eigenvalue weighted by molar-refractivity contribution is 5.97. The fraction of sp³-hybridized carbons (Fsp3) is 0.581. The molecule has 0 saturated carbocycles. The standard InChI is InChI=1S/C31H43N3O2/c1-3-4-5-9-17-36-26-18-24-14-16-34-21-25-13-10-15-32-28(25)20-29(34)30(24)27(19-26)31(35)33-22(2)23-11-7-6-8-12-23/h6-8,11-12,18-19,22,25,28-29,32H,3-5,9-10,13-17,20-21H2,1-2H3,(H,33,35)/t22-,25+,28-,29-/m1/s1. The lowest BCUT2D eigenvalue weighted by Gasteiger charge is -2.49. The van der Waals surface area contributed by atoms with Crippen molar-refractivity contribution in [2.24, 2.45) is 5.92 Å². The Hall–Kier alpha value is -2.37. The first-order valence-corrected chi connectivity index (χ1v) is 14.3. The maximum Gasteiger partial charge on any atom is 0.252 e. The van der Waals surface area contributed by atoms with Crippen molar-refractivity contribution in [3.63, 3.8) is 0 Å². The lowest BCUT2D eigenvalue weighted by Crippen LogP contribution is -2.55. The van der Waals surface area contributed by atoms with Gasteiger partial charge in [-0.1, -0.05) is 56.5 Å². The van der Waals surface area contributed by atoms with E-state index in [4.69, 9.17) is 4.74 Å². The molecule has 4 atom stereocenters. The molecule has 5 rings (SSSR count). The molecule has 0 spiro atoms. The average Bonchev–Trinajstić information content (AvgIpc) is 2.91. The number of benzene rings is 2. The molecule has 3 aliphatic rings. The second-order valence-electron chi connectivity index (χ2n) is 11.0. The van der Waals surface area contributed by atoms with Gasteiger partial charge in [0.2, 0.25) is 0 Å². The molecule has 5 heteroatoms. The zero-order valence-electron chi connectivity index (χ0n) is 22.1. The molecule has 2 fully saturated rings. The van der Waals surface area contributed by atoms with Gasteiger partial charge in [0.25, 0.3) is 5.91 Å². The van der Waals surface area contributed by atoms with Crippen LogP contribution >= 0.6 is 0 Å². The summed E-state index contributed by atoms with van der Waals surface area (Å²) in [7, 11) is 0. The van der Waals surface area contributed by atoms with E-state index >= 15 is 0 Å². The Bertz CT molecular complexity index is 1020. The van der Waals surface area contributed by atoms with Crippen LogP contribution in [0.2, 0.25) is 0 Å². The summed E-state index contributed by atoms with van der Waals surface area (Å²) < 4.78 is 6.22. The van der Waals surface area contributed by atoms with Crippen LogP contribution in [0.25, 0.3) is 0 Å². The number of unbranched alkanes of at least 4 members (excludes halogenated alkanes) is 3. The Morgan fingerprint density at radius 2 is 2.06 bits per heavy atom. The molecule has 1 amide bonds. The third-order valence-electron chi connectivity index (χ3n) is 8.51. The minimum absolute atomic E-state index is 0.0135. The van der Waals surface area contributed by atoms with Crippen LogP contribution < -0.4 is 15.4 Å². The van der Waals surface area contributed by atoms with Crippen LogP contribution in [-0.4, -0.2) is 43.1 Å². The number of piperidine rings is 2. The number of nitrogens with one attached hydrogen (secondary N) is 2. The Kier molecular flexibility index (Phi) is 8.28. The van der Waals surface area contributed by atoms with E-state index < -0.39 is 0 Å². The van der Waals surface area contributed by atoms with E-state index in [0.717, 1.165) is 61.7 Å². The largest absolute Gasteiger partial charge is 0.494 e. The Labute approximate surface area is 217 Å². The summed E-state index contributed by atoms with van der Waals surface area (Å²) in [6, 6.07) is 15.3. The molecule has 0 bridgehead atoms. The number of carbonyl (C=O) groups excluding carboxylic acids is 1. The van der Waals surface area contributed by atoms with Gasteiger partial charge in [-0.25, -0.2) is 0 Å². The predicted molar refractivity (Wildman–Crippen MR) is 146 cm³/mol. The number of hydrogen-bond donors (Lipinski definition) is 2. The summed E-state index contributed by atoms with van der Waals surface area (Å²) >= 11 is 0. The molecule has 3 aliphatic heterocycles. The van der Waals surface area contributed by atoms with Crippen molar-refractivity contribution in [1.29, 1.82) is 0 Å². The van der Waals surface area contributed by atoms with Gasteiger partial charge in [0, 0.05) is 30.7 Å². The van der Waals surface area contributed by atoms with Gasteiger partial charge in [0.05, 0.1) is 12.6 Å². The molecular weight excluding hydrogens is 446 g/mol. The SMILES string of the molecule is CCCCCCOc1cc2c(c(C(=O)N[C@H](C)c3ccccc3)c1)[C@H]1C[C@H]3NCCC[C@H]3CN1CC2. The zero-order valence-corrected chi connectivity index (χ0v) is 22.1. The van der Waals surface area contributed by atoms with Crippen LogP contribution in [0.4, 0.5) is 0 Å². The van der Waals surface area contributed by atoms with E-state index in [1.807, 2.05) is 24.3 Å². The van der Waals surface area contributed by atoms with Crippen LogP contribution in [0.1, 0.15) is 97.9 Å². The Morgan fingerprint density at radius 1 is 1.19 bits per heavy atom. The fourth-order valence-corrected chi connectivity index (χ4v) is 6.52. The Balaban J connectivity index is 1.42. The first-order chi connectivity index (χ1) is 17.6. The van der Waals surface area contributed by atoms with E-state index in [9.17, 15) is 4.79 Å². The molecule has 0 unspecified atom stereocenters. The number of nitrogens with zero attached hydrogens (tertiary/aromatic N) is 1. The second kappa shape index (κ2) is 11.8. The highest BCUT2D eigenvalue weighted by Gasteiger charge is 2.41. The van der Waals surface area contributed by atoms with Crippen LogP contribution in [-0.2, 0) is 6.42 Å². The van der Waals surface area contributed by atoms with Crippen molar-refractivity contribution in [1.82, 2.24) is 15.5 Å². The lowest BCUT2D eigenvalue weighted by molar-refractivity contribution is 0.0542. The van der Waals surface area contributed by atoms with Crippen molar-refractivity contribution >= 4 is 5.91 Å². The molecule has 2 saturated heterocycles. The summed E-state index contributed by atoms with van der Waals surface area (Å²) in [5.41, 5.74) is 4.47. The second-order valence-corrected chi connectivity index (χ2v) is 11.0. The van der Waals surface area contributed by atoms with Gasteiger partial charge in [0.15, 0.2) is 0 Å². The van der Waals surface area contributed by atoms with Gasteiger partial charge in [0.1, 0.15) is 5.75 Å². The van der Waals surface area contributed by atoms with Gasteiger partial charge < -0.3 is 15.4 Å². The summed E-state index contributed by atoms with van der Waals surface area (Å²) in [6.45, 7) is 8.33. The molecule has 2 aromatic carbocycles. The van der Waals surface area contributed by atoms with E-state index in [1.165, 1.54) is 43.2 Å². The average molecular weight is 490 g/mol. The molecule has 0 aromatic heterocycles. The topological polar surface area (TPSA) is 53.6 Å². The zero-order chi connectivity index (χ0) is 24.9. The maximum absolute atomic E-state index is 13.8. The number of carbonyl (C=O) groups is 1. The van der Waals surface area contributed by atoms with E-state index in [1.54, 1.807) is 0 Å². The number of ether oxygens (including phenoxy) is 1. The van der Waals surface area contributed by atoms with Crippen LogP contribution in [0.5, 0.6) is 5.75 Å². The first-order valence-electron chi connectivity index (χ1n) is 14.3. The molecule has 2 N–H and O–H groups in total. The molecule has 36 heavy (non-hydrogen) atoms. The van der Waals surface area contributed by atoms with Gasteiger partial charge in [-0.05, 0) is 80.3 Å². The monoisotopic (exact) mass is 489 g/mol. The van der Waals surface area contributed by atoms with Crippen molar-refractivity contribution in [2.75, 3.05) is 26.2 Å². The molecule has 5 nitrogen and oxygen atoms in total. The van der Waals surface area contributed by atoms with Gasteiger partial charge in [-0.2, -0.15) is 0 Å². The van der Waals surface area contributed by atoms with E-state index in [-0.39, 0.29) is 11.9 Å². The first kappa shape index (κ1) is 25.3. The molecule has 194 valence electrons. The molecule has 0 radical (unpaired) electrons. The minimum Gasteiger partial charge on any atom is -0.494 e. The Morgan fingerprint density at radius 3 is 2.89 bits per heavy atom. The van der Waals surface area contributed by atoms with Gasteiger partial charge >= 0.3 is 0 Å². The minimum atomic E-state index is -0.0524. The third-order valence-corrected chi connectivity index (χ3v) is 8.51. The summed E-state index contributed by atoms with van der Waals surface area (Å²) in [5.74, 6) is 1.60. The highest BCUT2D eigenvalue weighted by Crippen LogP contribution is 2.43.